The molecule has 0 aromatic heterocycles. The maximum atomic E-state index is 13.7. The number of amides is 1. The van der Waals surface area contributed by atoms with Crippen LogP contribution < -0.4 is 10.1 Å². The molecule has 1 N–H and O–H groups in total. The highest BCUT2D eigenvalue weighted by Crippen LogP contribution is 2.29. The minimum atomic E-state index is -3.00. The smallest absolute Gasteiger partial charge is 0.387 e. The molecule has 3 nitrogen and oxygen atoms in total. The highest BCUT2D eigenvalue weighted by Gasteiger charge is 2.14. The van der Waals surface area contributed by atoms with Crippen molar-refractivity contribution in [1.82, 2.24) is 0 Å². The molecule has 0 aliphatic rings. The lowest BCUT2D eigenvalue weighted by molar-refractivity contribution is -0.0497. The molecule has 0 saturated carbocycles. The minimum absolute atomic E-state index is 0.102. The first-order valence-electron chi connectivity index (χ1n) is 5.87. The lowest BCUT2D eigenvalue weighted by atomic mass is 10.2. The van der Waals surface area contributed by atoms with Gasteiger partial charge in [-0.05, 0) is 36.4 Å². The fourth-order valence-electron chi connectivity index (χ4n) is 1.64. The number of halogens is 5. The molecule has 2 aromatic rings. The molecule has 0 unspecified atom stereocenters. The maximum absolute atomic E-state index is 13.7. The fraction of sp³-hybridized carbons (Fsp3) is 0.0714. The zero-order valence-corrected chi connectivity index (χ0v) is 13.1. The number of ether oxygens (including phenoxy) is 1. The van der Waals surface area contributed by atoms with Gasteiger partial charge in [0.25, 0.3) is 5.91 Å². The van der Waals surface area contributed by atoms with Crippen LogP contribution in [0.4, 0.5) is 18.9 Å². The van der Waals surface area contributed by atoms with E-state index in [1.54, 1.807) is 0 Å². The maximum Gasteiger partial charge on any atom is 0.387 e. The molecule has 0 heterocycles. The Morgan fingerprint density at radius 2 is 1.95 bits per heavy atom. The van der Waals surface area contributed by atoms with Gasteiger partial charge in [-0.3, -0.25) is 4.79 Å². The molecule has 0 spiro atoms. The zero-order valence-electron chi connectivity index (χ0n) is 10.7. The first-order valence-corrected chi connectivity index (χ1v) is 7.04. The third-order valence-corrected chi connectivity index (χ3v) is 3.37. The SMILES string of the molecule is O=C(Nc1ccc(OC(F)F)c(Cl)c1)c1ccc(Br)cc1F. The highest BCUT2D eigenvalue weighted by molar-refractivity contribution is 9.10. The third-order valence-electron chi connectivity index (χ3n) is 2.58. The molecule has 116 valence electrons. The van der Waals surface area contributed by atoms with E-state index in [1.165, 1.54) is 30.3 Å². The number of benzene rings is 2. The molecule has 0 aliphatic heterocycles. The Kier molecular flexibility index (Phi) is 5.31. The molecule has 0 saturated heterocycles. The van der Waals surface area contributed by atoms with Crippen LogP contribution >= 0.6 is 27.5 Å². The summed E-state index contributed by atoms with van der Waals surface area (Å²) in [6.45, 7) is -3.00. The Bertz CT molecular complexity index is 712. The Labute approximate surface area is 137 Å². The van der Waals surface area contributed by atoms with Crippen LogP contribution in [0, 0.1) is 5.82 Å². The van der Waals surface area contributed by atoms with E-state index in [4.69, 9.17) is 11.6 Å². The van der Waals surface area contributed by atoms with E-state index in [-0.39, 0.29) is 22.0 Å². The number of rotatable bonds is 4. The predicted molar refractivity (Wildman–Crippen MR) is 80.1 cm³/mol. The summed E-state index contributed by atoms with van der Waals surface area (Å²) < 4.78 is 42.6. The minimum Gasteiger partial charge on any atom is -0.433 e. The Morgan fingerprint density at radius 3 is 2.55 bits per heavy atom. The van der Waals surface area contributed by atoms with Crippen molar-refractivity contribution in [2.75, 3.05) is 5.32 Å². The number of carbonyl (C=O) groups is 1. The molecule has 0 bridgehead atoms. The number of hydrogen-bond donors (Lipinski definition) is 1. The van der Waals surface area contributed by atoms with Crippen LogP contribution in [-0.4, -0.2) is 12.5 Å². The summed E-state index contributed by atoms with van der Waals surface area (Å²) in [7, 11) is 0. The molecule has 2 aromatic carbocycles. The van der Waals surface area contributed by atoms with Crippen molar-refractivity contribution in [2.24, 2.45) is 0 Å². The predicted octanol–water partition coefficient (Wildman–Crippen LogP) is 5.10. The quantitative estimate of drug-likeness (QED) is 0.784. The molecule has 8 heteroatoms. The summed E-state index contributed by atoms with van der Waals surface area (Å²) >= 11 is 8.85. The summed E-state index contributed by atoms with van der Waals surface area (Å²) in [6, 6.07) is 7.71. The first-order chi connectivity index (χ1) is 10.4. The van der Waals surface area contributed by atoms with E-state index in [0.717, 1.165) is 6.07 Å². The van der Waals surface area contributed by atoms with Gasteiger partial charge < -0.3 is 10.1 Å². The van der Waals surface area contributed by atoms with Gasteiger partial charge in [0.05, 0.1) is 10.6 Å². The van der Waals surface area contributed by atoms with E-state index < -0.39 is 18.3 Å². The zero-order chi connectivity index (χ0) is 16.3. The summed E-state index contributed by atoms with van der Waals surface area (Å²) in [5.74, 6) is -1.61. The van der Waals surface area contributed by atoms with Gasteiger partial charge in [0, 0.05) is 10.2 Å². The summed E-state index contributed by atoms with van der Waals surface area (Å²) in [5, 5.41) is 2.32. The average molecular weight is 395 g/mol. The molecule has 0 fully saturated rings. The average Bonchev–Trinajstić information content (AvgIpc) is 2.41. The Balaban J connectivity index is 2.16. The number of carbonyl (C=O) groups excluding carboxylic acids is 1. The standard InChI is InChI=1S/C14H8BrClF3NO2/c15-7-1-3-9(11(17)5-7)13(21)20-8-2-4-12(10(16)6-8)22-14(18)19/h1-6,14H,(H,20,21). The lowest BCUT2D eigenvalue weighted by Crippen LogP contribution is -2.13. The molecular formula is C14H8BrClF3NO2. The van der Waals surface area contributed by atoms with E-state index in [9.17, 15) is 18.0 Å². The number of alkyl halides is 2. The molecular weight excluding hydrogens is 387 g/mol. The number of hydrogen-bond acceptors (Lipinski definition) is 2. The van der Waals surface area contributed by atoms with E-state index in [1.807, 2.05) is 0 Å². The Hall–Kier alpha value is -1.73. The van der Waals surface area contributed by atoms with Crippen molar-refractivity contribution in [3.63, 3.8) is 0 Å². The van der Waals surface area contributed by atoms with Gasteiger partial charge in [-0.2, -0.15) is 8.78 Å². The second-order valence-electron chi connectivity index (χ2n) is 4.10. The van der Waals surface area contributed by atoms with Crippen LogP contribution in [0.1, 0.15) is 10.4 Å². The van der Waals surface area contributed by atoms with Gasteiger partial charge in [0.15, 0.2) is 0 Å². The van der Waals surface area contributed by atoms with Gasteiger partial charge in [-0.25, -0.2) is 4.39 Å². The van der Waals surface area contributed by atoms with Crippen molar-refractivity contribution in [2.45, 2.75) is 6.61 Å². The van der Waals surface area contributed by atoms with Crippen LogP contribution in [0.3, 0.4) is 0 Å². The Morgan fingerprint density at radius 1 is 1.23 bits per heavy atom. The molecule has 0 aliphatic carbocycles. The van der Waals surface area contributed by atoms with Crippen LogP contribution in [0.25, 0.3) is 0 Å². The monoisotopic (exact) mass is 393 g/mol. The van der Waals surface area contributed by atoms with Crippen molar-refractivity contribution in [3.8, 4) is 5.75 Å². The summed E-state index contributed by atoms with van der Waals surface area (Å²) in [6.07, 6.45) is 0. The van der Waals surface area contributed by atoms with Gasteiger partial charge in [0.2, 0.25) is 0 Å². The van der Waals surface area contributed by atoms with E-state index in [2.05, 4.69) is 26.0 Å². The molecule has 2 rings (SSSR count). The summed E-state index contributed by atoms with van der Waals surface area (Å²) in [4.78, 5) is 12.0. The first kappa shape index (κ1) is 16.6. The molecule has 0 atom stereocenters. The summed E-state index contributed by atoms with van der Waals surface area (Å²) in [5.41, 5.74) is 0.0613. The van der Waals surface area contributed by atoms with Crippen LogP contribution in [-0.2, 0) is 0 Å². The second-order valence-corrected chi connectivity index (χ2v) is 5.42. The van der Waals surface area contributed by atoms with Crippen LogP contribution in [0.15, 0.2) is 40.9 Å². The van der Waals surface area contributed by atoms with Crippen molar-refractivity contribution >= 4 is 39.1 Å². The van der Waals surface area contributed by atoms with Crippen molar-refractivity contribution < 1.29 is 22.7 Å². The van der Waals surface area contributed by atoms with Gasteiger partial charge in [-0.15, -0.1) is 0 Å². The molecule has 0 radical (unpaired) electrons. The lowest BCUT2D eigenvalue weighted by Gasteiger charge is -2.10. The highest BCUT2D eigenvalue weighted by atomic mass is 79.9. The fourth-order valence-corrected chi connectivity index (χ4v) is 2.20. The topological polar surface area (TPSA) is 38.3 Å². The molecule has 1 amide bonds. The number of nitrogens with one attached hydrogen (secondary N) is 1. The normalized spacial score (nSPS) is 10.6. The second kappa shape index (κ2) is 7.02. The molecule has 22 heavy (non-hydrogen) atoms. The van der Waals surface area contributed by atoms with Crippen LogP contribution in [0.2, 0.25) is 5.02 Å². The largest absolute Gasteiger partial charge is 0.433 e. The van der Waals surface area contributed by atoms with Crippen molar-refractivity contribution in [3.05, 3.63) is 57.3 Å². The third kappa shape index (κ3) is 4.14. The van der Waals surface area contributed by atoms with Crippen LogP contribution in [0.5, 0.6) is 5.75 Å². The van der Waals surface area contributed by atoms with Crippen molar-refractivity contribution in [1.29, 1.82) is 0 Å². The number of anilines is 1. The van der Waals surface area contributed by atoms with E-state index in [0.29, 0.717) is 4.47 Å². The van der Waals surface area contributed by atoms with Gasteiger partial charge in [-0.1, -0.05) is 27.5 Å². The van der Waals surface area contributed by atoms with E-state index >= 15 is 0 Å². The van der Waals surface area contributed by atoms with Gasteiger partial charge in [0.1, 0.15) is 11.6 Å². The van der Waals surface area contributed by atoms with Gasteiger partial charge >= 0.3 is 6.61 Å².